The fourth-order valence-corrected chi connectivity index (χ4v) is 3.88. The van der Waals surface area contributed by atoms with Crippen LogP contribution in [-0.2, 0) is 9.53 Å². The number of hydrogen-bond acceptors (Lipinski definition) is 6. The molecular weight excluding hydrogens is 433 g/mol. The summed E-state index contributed by atoms with van der Waals surface area (Å²) in [6.45, 7) is 2.57. The van der Waals surface area contributed by atoms with Crippen molar-refractivity contribution < 1.29 is 41.8 Å². The second kappa shape index (κ2) is 10.0. The summed E-state index contributed by atoms with van der Waals surface area (Å²) in [5, 5.41) is 7.12. The van der Waals surface area contributed by atoms with Crippen molar-refractivity contribution in [2.45, 2.75) is 31.5 Å². The van der Waals surface area contributed by atoms with Gasteiger partial charge >= 0.3 is 12.1 Å². The van der Waals surface area contributed by atoms with Crippen LogP contribution in [0.1, 0.15) is 29.8 Å². The number of nitrogens with zero attached hydrogens (tertiary/aromatic N) is 2. The Hall–Kier alpha value is -3.08. The van der Waals surface area contributed by atoms with Gasteiger partial charge in [0.2, 0.25) is 5.88 Å². The van der Waals surface area contributed by atoms with Crippen LogP contribution in [0.25, 0.3) is 0 Å². The Morgan fingerprint density at radius 1 is 1.28 bits per heavy atom. The third-order valence-electron chi connectivity index (χ3n) is 5.39. The van der Waals surface area contributed by atoms with Gasteiger partial charge in [-0.05, 0) is 37.5 Å². The highest BCUT2D eigenvalue weighted by Gasteiger charge is 2.48. The van der Waals surface area contributed by atoms with Crippen molar-refractivity contribution in [3.05, 3.63) is 48.6 Å². The summed E-state index contributed by atoms with van der Waals surface area (Å²) in [7, 11) is 0. The van der Waals surface area contributed by atoms with E-state index in [1.54, 1.807) is 18.3 Å². The zero-order chi connectivity index (χ0) is 23.2. The molecule has 4 rings (SSSR count). The number of carbonyl (C=O) groups excluding carboxylic acids is 1. The predicted octanol–water partition coefficient (Wildman–Crippen LogP) is 3.40. The Balaban J connectivity index is 0.000000360. The Morgan fingerprint density at radius 3 is 2.69 bits per heavy atom. The summed E-state index contributed by atoms with van der Waals surface area (Å²) in [5.41, 5.74) is -0.198. The Kier molecular flexibility index (Phi) is 7.39. The molecule has 32 heavy (non-hydrogen) atoms. The second-order valence-corrected chi connectivity index (χ2v) is 7.58. The lowest BCUT2D eigenvalue weighted by atomic mass is 9.73. The molecule has 0 spiro atoms. The molecule has 0 bridgehead atoms. The highest BCUT2D eigenvalue weighted by atomic mass is 19.4. The molecular formula is C21H23F3N2O6. The van der Waals surface area contributed by atoms with Gasteiger partial charge in [-0.25, -0.2) is 9.78 Å². The maximum atomic E-state index is 12.7. The molecule has 2 atom stereocenters. The molecule has 1 N–H and O–H groups in total. The average molecular weight is 456 g/mol. The Morgan fingerprint density at radius 2 is 2.06 bits per heavy atom. The van der Waals surface area contributed by atoms with E-state index in [-0.39, 0.29) is 17.4 Å². The number of ether oxygens (including phenoxy) is 2. The van der Waals surface area contributed by atoms with E-state index in [1.165, 1.54) is 6.26 Å². The standard InChI is InChI=1S/C19H22N2O4.C2HF3O2/c22-18(15-5-3-11-23-15)21-10-7-16-19(13-21,8-4-12-24-16)14-25-17-6-1-2-9-20-17;3-2(4,5)1(6)7/h1-3,5-6,9,11,16H,4,7-8,10,12-14H2;(H,6,7). The summed E-state index contributed by atoms with van der Waals surface area (Å²) in [6, 6.07) is 9.07. The fourth-order valence-electron chi connectivity index (χ4n) is 3.88. The number of alkyl halides is 3. The van der Waals surface area contributed by atoms with Crippen LogP contribution in [0.2, 0.25) is 0 Å². The molecule has 2 fully saturated rings. The normalized spacial score (nSPS) is 22.8. The zero-order valence-corrected chi connectivity index (χ0v) is 17.1. The van der Waals surface area contributed by atoms with Gasteiger partial charge in [0, 0.05) is 37.4 Å². The third-order valence-corrected chi connectivity index (χ3v) is 5.39. The van der Waals surface area contributed by atoms with Crippen LogP contribution in [-0.4, -0.2) is 65.5 Å². The first-order chi connectivity index (χ1) is 15.2. The maximum Gasteiger partial charge on any atom is 0.490 e. The SMILES string of the molecule is O=C(O)C(F)(F)F.O=C(c1ccco1)N1CCC2OCCCC2(COc2ccccn2)C1. The highest BCUT2D eigenvalue weighted by molar-refractivity contribution is 5.91. The summed E-state index contributed by atoms with van der Waals surface area (Å²) in [5.74, 6) is -1.83. The summed E-state index contributed by atoms with van der Waals surface area (Å²) in [4.78, 5) is 27.7. The molecule has 11 heteroatoms. The number of likely N-dealkylation sites (tertiary alicyclic amines) is 1. The van der Waals surface area contributed by atoms with E-state index in [2.05, 4.69) is 4.98 Å². The van der Waals surface area contributed by atoms with Crippen LogP contribution in [0.15, 0.2) is 47.2 Å². The first-order valence-corrected chi connectivity index (χ1v) is 10.00. The minimum Gasteiger partial charge on any atom is -0.477 e. The van der Waals surface area contributed by atoms with Crippen LogP contribution in [0.4, 0.5) is 13.2 Å². The minimum atomic E-state index is -5.08. The molecule has 2 aliphatic heterocycles. The van der Waals surface area contributed by atoms with E-state index < -0.39 is 12.1 Å². The average Bonchev–Trinajstić information content (AvgIpc) is 3.32. The fraction of sp³-hybridized carbons (Fsp3) is 0.476. The van der Waals surface area contributed by atoms with Crippen LogP contribution < -0.4 is 4.74 Å². The van der Waals surface area contributed by atoms with E-state index in [0.29, 0.717) is 31.3 Å². The Bertz CT molecular complexity index is 891. The van der Waals surface area contributed by atoms with Crippen molar-refractivity contribution >= 4 is 11.9 Å². The third kappa shape index (κ3) is 5.78. The minimum absolute atomic E-state index is 0.0637. The van der Waals surface area contributed by atoms with E-state index in [0.717, 1.165) is 25.9 Å². The lowest BCUT2D eigenvalue weighted by Gasteiger charge is -2.49. The molecule has 174 valence electrons. The number of rotatable bonds is 4. The van der Waals surface area contributed by atoms with Gasteiger partial charge < -0.3 is 23.9 Å². The Labute approximate surface area is 181 Å². The van der Waals surface area contributed by atoms with Gasteiger partial charge in [-0.1, -0.05) is 6.07 Å². The number of pyridine rings is 1. The number of fused-ring (bicyclic) bond motifs is 1. The molecule has 8 nitrogen and oxygen atoms in total. The number of carboxylic acids is 1. The summed E-state index contributed by atoms with van der Waals surface area (Å²) >= 11 is 0. The van der Waals surface area contributed by atoms with Crippen LogP contribution in [0.3, 0.4) is 0 Å². The van der Waals surface area contributed by atoms with Crippen LogP contribution >= 0.6 is 0 Å². The maximum absolute atomic E-state index is 12.7. The first-order valence-electron chi connectivity index (χ1n) is 10.00. The van der Waals surface area contributed by atoms with Crippen molar-refractivity contribution in [3.63, 3.8) is 0 Å². The number of halogens is 3. The molecule has 2 unspecified atom stereocenters. The molecule has 0 aromatic carbocycles. The molecule has 2 aromatic heterocycles. The highest BCUT2D eigenvalue weighted by Crippen LogP contribution is 2.41. The molecule has 2 aromatic rings. The second-order valence-electron chi connectivity index (χ2n) is 7.58. The quantitative estimate of drug-likeness (QED) is 0.752. The van der Waals surface area contributed by atoms with E-state index >= 15 is 0 Å². The number of hydrogen-bond donors (Lipinski definition) is 1. The van der Waals surface area contributed by atoms with Crippen molar-refractivity contribution in [1.82, 2.24) is 9.88 Å². The van der Waals surface area contributed by atoms with Gasteiger partial charge in [0.1, 0.15) is 0 Å². The molecule has 1 amide bonds. The van der Waals surface area contributed by atoms with E-state index in [9.17, 15) is 18.0 Å². The van der Waals surface area contributed by atoms with Gasteiger partial charge in [-0.2, -0.15) is 13.2 Å². The van der Waals surface area contributed by atoms with Crippen molar-refractivity contribution in [1.29, 1.82) is 0 Å². The number of carboxylic acid groups (broad SMARTS) is 1. The number of carbonyl (C=O) groups is 2. The number of piperidine rings is 1. The van der Waals surface area contributed by atoms with Crippen LogP contribution in [0.5, 0.6) is 5.88 Å². The molecule has 0 aliphatic carbocycles. The molecule has 2 aliphatic rings. The molecule has 4 heterocycles. The van der Waals surface area contributed by atoms with E-state index in [1.807, 2.05) is 23.1 Å². The monoisotopic (exact) mass is 456 g/mol. The number of aromatic nitrogens is 1. The topological polar surface area (TPSA) is 102 Å². The summed E-state index contributed by atoms with van der Waals surface area (Å²) < 4.78 is 49.0. The molecule has 0 radical (unpaired) electrons. The van der Waals surface area contributed by atoms with Gasteiger partial charge in [-0.3, -0.25) is 4.79 Å². The number of furan rings is 1. The lowest BCUT2D eigenvalue weighted by Crippen LogP contribution is -2.58. The van der Waals surface area contributed by atoms with Crippen molar-refractivity contribution in [3.8, 4) is 5.88 Å². The lowest BCUT2D eigenvalue weighted by molar-refractivity contribution is -0.192. The van der Waals surface area contributed by atoms with Crippen molar-refractivity contribution in [2.75, 3.05) is 26.3 Å². The van der Waals surface area contributed by atoms with Gasteiger partial charge in [0.25, 0.3) is 5.91 Å². The zero-order valence-electron chi connectivity index (χ0n) is 17.1. The predicted molar refractivity (Wildman–Crippen MR) is 104 cm³/mol. The van der Waals surface area contributed by atoms with Crippen molar-refractivity contribution in [2.24, 2.45) is 5.41 Å². The van der Waals surface area contributed by atoms with Gasteiger partial charge in [0.05, 0.1) is 19.0 Å². The van der Waals surface area contributed by atoms with Gasteiger partial charge in [-0.15, -0.1) is 0 Å². The molecule has 0 saturated carbocycles. The number of aliphatic carboxylic acids is 1. The largest absolute Gasteiger partial charge is 0.490 e. The van der Waals surface area contributed by atoms with E-state index in [4.69, 9.17) is 23.8 Å². The smallest absolute Gasteiger partial charge is 0.477 e. The number of amides is 1. The van der Waals surface area contributed by atoms with Crippen LogP contribution in [0, 0.1) is 5.41 Å². The molecule has 2 saturated heterocycles. The van der Waals surface area contributed by atoms with Gasteiger partial charge in [0.15, 0.2) is 5.76 Å². The first kappa shape index (κ1) is 23.6. The summed E-state index contributed by atoms with van der Waals surface area (Å²) in [6.07, 6.45) is 1.06.